The number of nitriles is 1. The number of hydrogen-bond donors (Lipinski definition) is 1. The predicted octanol–water partition coefficient (Wildman–Crippen LogP) is 2.27. The van der Waals surface area contributed by atoms with Gasteiger partial charge in [0.15, 0.2) is 5.69 Å². The monoisotopic (exact) mass is 265 g/mol. The van der Waals surface area contributed by atoms with Gasteiger partial charge in [-0.2, -0.15) is 5.26 Å². The van der Waals surface area contributed by atoms with Crippen molar-refractivity contribution < 1.29 is 0 Å². The fraction of sp³-hybridized carbons (Fsp3) is 0.267. The maximum Gasteiger partial charge on any atom is 0.165 e. The van der Waals surface area contributed by atoms with Crippen molar-refractivity contribution in [2.24, 2.45) is 0 Å². The molecule has 1 atom stereocenters. The normalized spacial score (nSPS) is 17.9. The Bertz CT molecular complexity index is 647. The minimum atomic E-state index is 0.292. The minimum Gasteiger partial charge on any atom is -0.396 e. The first-order chi connectivity index (χ1) is 9.79. The molecule has 5 nitrogen and oxygen atoms in total. The Morgan fingerprint density at radius 3 is 2.80 bits per heavy atom. The minimum absolute atomic E-state index is 0.292. The summed E-state index contributed by atoms with van der Waals surface area (Å²) in [5.41, 5.74) is 7.68. The summed E-state index contributed by atoms with van der Waals surface area (Å²) < 4.78 is 0. The number of pyridine rings is 2. The fourth-order valence-electron chi connectivity index (χ4n) is 2.68. The standard InChI is InChI=1S/C15H15N5/c16-10-13-12(17)3-4-15(19-13)20-9-1-2-14(20)11-5-7-18-8-6-11/h3-8,14H,1-2,9,17H2. The van der Waals surface area contributed by atoms with E-state index < -0.39 is 0 Å². The van der Waals surface area contributed by atoms with Gasteiger partial charge < -0.3 is 10.6 Å². The van der Waals surface area contributed by atoms with E-state index in [4.69, 9.17) is 11.0 Å². The summed E-state index contributed by atoms with van der Waals surface area (Å²) >= 11 is 0. The molecule has 0 spiro atoms. The topological polar surface area (TPSA) is 78.8 Å². The van der Waals surface area contributed by atoms with Gasteiger partial charge in [0.05, 0.1) is 11.7 Å². The van der Waals surface area contributed by atoms with E-state index in [9.17, 15) is 0 Å². The van der Waals surface area contributed by atoms with E-state index in [1.54, 1.807) is 6.07 Å². The highest BCUT2D eigenvalue weighted by Gasteiger charge is 2.27. The van der Waals surface area contributed by atoms with Crippen LogP contribution in [-0.4, -0.2) is 16.5 Å². The molecule has 1 aliphatic rings. The lowest BCUT2D eigenvalue weighted by Crippen LogP contribution is -2.23. The van der Waals surface area contributed by atoms with Gasteiger partial charge in [-0.05, 0) is 42.7 Å². The maximum atomic E-state index is 9.05. The molecule has 0 amide bonds. The smallest absolute Gasteiger partial charge is 0.165 e. The molecular formula is C15H15N5. The molecule has 0 aromatic carbocycles. The number of aromatic nitrogens is 2. The molecular weight excluding hydrogens is 250 g/mol. The van der Waals surface area contributed by atoms with Crippen LogP contribution >= 0.6 is 0 Å². The zero-order valence-electron chi connectivity index (χ0n) is 11.0. The fourth-order valence-corrected chi connectivity index (χ4v) is 2.68. The van der Waals surface area contributed by atoms with Gasteiger partial charge in [0.1, 0.15) is 11.9 Å². The zero-order valence-corrected chi connectivity index (χ0v) is 11.0. The number of nitrogens with zero attached hydrogens (tertiary/aromatic N) is 4. The summed E-state index contributed by atoms with van der Waals surface area (Å²) in [7, 11) is 0. The molecule has 0 radical (unpaired) electrons. The van der Waals surface area contributed by atoms with Gasteiger partial charge in [0.25, 0.3) is 0 Å². The molecule has 5 heteroatoms. The van der Waals surface area contributed by atoms with Gasteiger partial charge in [-0.25, -0.2) is 4.98 Å². The van der Waals surface area contributed by atoms with Crippen molar-refractivity contribution >= 4 is 11.5 Å². The molecule has 0 bridgehead atoms. The van der Waals surface area contributed by atoms with Gasteiger partial charge in [-0.1, -0.05) is 0 Å². The first-order valence-corrected chi connectivity index (χ1v) is 6.63. The summed E-state index contributed by atoms with van der Waals surface area (Å²) in [5, 5.41) is 9.05. The largest absolute Gasteiger partial charge is 0.396 e. The molecule has 20 heavy (non-hydrogen) atoms. The Kier molecular flexibility index (Phi) is 3.21. The van der Waals surface area contributed by atoms with Crippen molar-refractivity contribution in [1.29, 1.82) is 5.26 Å². The molecule has 0 saturated carbocycles. The molecule has 2 N–H and O–H groups in total. The van der Waals surface area contributed by atoms with Crippen LogP contribution in [0.25, 0.3) is 0 Å². The maximum absolute atomic E-state index is 9.05. The van der Waals surface area contributed by atoms with Crippen LogP contribution in [0, 0.1) is 11.3 Å². The zero-order chi connectivity index (χ0) is 13.9. The van der Waals surface area contributed by atoms with E-state index in [2.05, 4.69) is 14.9 Å². The van der Waals surface area contributed by atoms with Crippen LogP contribution in [0.15, 0.2) is 36.7 Å². The van der Waals surface area contributed by atoms with Crippen molar-refractivity contribution in [3.8, 4) is 6.07 Å². The second-order valence-electron chi connectivity index (χ2n) is 4.85. The summed E-state index contributed by atoms with van der Waals surface area (Å²) in [6.45, 7) is 0.939. The highest BCUT2D eigenvalue weighted by atomic mass is 15.2. The number of nitrogens with two attached hydrogens (primary N) is 1. The third kappa shape index (κ3) is 2.16. The number of rotatable bonds is 2. The molecule has 100 valence electrons. The van der Waals surface area contributed by atoms with Gasteiger partial charge in [0.2, 0.25) is 0 Å². The molecule has 1 unspecified atom stereocenters. The van der Waals surface area contributed by atoms with Crippen LogP contribution in [-0.2, 0) is 0 Å². The van der Waals surface area contributed by atoms with Gasteiger partial charge in [0, 0.05) is 18.9 Å². The Balaban J connectivity index is 1.95. The number of nitrogen functional groups attached to an aromatic ring is 1. The Hall–Kier alpha value is -2.61. The highest BCUT2D eigenvalue weighted by molar-refractivity contribution is 5.56. The Labute approximate surface area is 117 Å². The van der Waals surface area contributed by atoms with E-state index in [0.717, 1.165) is 25.2 Å². The van der Waals surface area contributed by atoms with E-state index in [1.807, 2.05) is 36.7 Å². The lowest BCUT2D eigenvalue weighted by atomic mass is 10.1. The van der Waals surface area contributed by atoms with Crippen LogP contribution < -0.4 is 10.6 Å². The van der Waals surface area contributed by atoms with Gasteiger partial charge in [-0.3, -0.25) is 4.98 Å². The van der Waals surface area contributed by atoms with Crippen LogP contribution in [0.2, 0.25) is 0 Å². The third-order valence-electron chi connectivity index (χ3n) is 3.66. The first-order valence-electron chi connectivity index (χ1n) is 6.63. The van der Waals surface area contributed by atoms with Crippen LogP contribution in [0.4, 0.5) is 11.5 Å². The van der Waals surface area contributed by atoms with Crippen LogP contribution in [0.1, 0.15) is 30.1 Å². The molecule has 2 aromatic heterocycles. The summed E-state index contributed by atoms with van der Waals surface area (Å²) in [5.74, 6) is 0.815. The summed E-state index contributed by atoms with van der Waals surface area (Å²) in [4.78, 5) is 10.7. The molecule has 1 fully saturated rings. The molecule has 0 aliphatic carbocycles. The van der Waals surface area contributed by atoms with E-state index >= 15 is 0 Å². The molecule has 3 rings (SSSR count). The Morgan fingerprint density at radius 1 is 1.25 bits per heavy atom. The lowest BCUT2D eigenvalue weighted by molar-refractivity contribution is 0.710. The SMILES string of the molecule is N#Cc1nc(N2CCCC2c2ccncc2)ccc1N. The Morgan fingerprint density at radius 2 is 2.05 bits per heavy atom. The van der Waals surface area contributed by atoms with E-state index in [0.29, 0.717) is 17.4 Å². The third-order valence-corrected chi connectivity index (χ3v) is 3.66. The summed E-state index contributed by atoms with van der Waals surface area (Å²) in [6.07, 6.45) is 5.81. The second-order valence-corrected chi connectivity index (χ2v) is 4.85. The predicted molar refractivity (Wildman–Crippen MR) is 76.9 cm³/mol. The highest BCUT2D eigenvalue weighted by Crippen LogP contribution is 2.35. The second kappa shape index (κ2) is 5.17. The van der Waals surface area contributed by atoms with Crippen molar-refractivity contribution in [2.45, 2.75) is 18.9 Å². The van der Waals surface area contributed by atoms with E-state index in [1.165, 1.54) is 5.56 Å². The lowest BCUT2D eigenvalue weighted by Gasteiger charge is -2.26. The van der Waals surface area contributed by atoms with Gasteiger partial charge in [-0.15, -0.1) is 0 Å². The van der Waals surface area contributed by atoms with Crippen molar-refractivity contribution in [3.63, 3.8) is 0 Å². The van der Waals surface area contributed by atoms with Crippen molar-refractivity contribution in [2.75, 3.05) is 17.2 Å². The first kappa shape index (κ1) is 12.4. The van der Waals surface area contributed by atoms with E-state index in [-0.39, 0.29) is 0 Å². The molecule has 3 heterocycles. The molecule has 2 aromatic rings. The van der Waals surface area contributed by atoms with Crippen LogP contribution in [0.5, 0.6) is 0 Å². The number of anilines is 2. The van der Waals surface area contributed by atoms with Crippen molar-refractivity contribution in [3.05, 3.63) is 47.9 Å². The quantitative estimate of drug-likeness (QED) is 0.901. The average molecular weight is 265 g/mol. The number of hydrogen-bond acceptors (Lipinski definition) is 5. The van der Waals surface area contributed by atoms with Crippen molar-refractivity contribution in [1.82, 2.24) is 9.97 Å². The van der Waals surface area contributed by atoms with Crippen LogP contribution in [0.3, 0.4) is 0 Å². The molecule has 1 saturated heterocycles. The van der Waals surface area contributed by atoms with Gasteiger partial charge >= 0.3 is 0 Å². The summed E-state index contributed by atoms with van der Waals surface area (Å²) in [6, 6.07) is 10.0. The average Bonchev–Trinajstić information content (AvgIpc) is 2.98. The molecule has 1 aliphatic heterocycles.